The van der Waals surface area contributed by atoms with Gasteiger partial charge in [-0.15, -0.1) is 26.2 Å². The van der Waals surface area contributed by atoms with Crippen molar-refractivity contribution in [2.24, 2.45) is 0 Å². The molecule has 1 unspecified atom stereocenters. The Morgan fingerprint density at radius 2 is 1.80 bits per heavy atom. The summed E-state index contributed by atoms with van der Waals surface area (Å²) in [6, 6.07) is 6.31. The standard InChI is InChI=1S/C8H11P.BrH/c1-6-4-3-5-8(9)7(6)2;/h3-5H,9H2,1-2H3;1H. The molecule has 0 fully saturated rings. The van der Waals surface area contributed by atoms with Crippen molar-refractivity contribution >= 4 is 31.5 Å². The molecular formula is C8H12BrP. The molecule has 1 rings (SSSR count). The number of halogens is 1. The van der Waals surface area contributed by atoms with E-state index in [-0.39, 0.29) is 17.0 Å². The molecule has 0 spiro atoms. The van der Waals surface area contributed by atoms with Crippen molar-refractivity contribution in [2.45, 2.75) is 13.8 Å². The third-order valence-corrected chi connectivity index (χ3v) is 2.27. The summed E-state index contributed by atoms with van der Waals surface area (Å²) in [5.41, 5.74) is 2.74. The summed E-state index contributed by atoms with van der Waals surface area (Å²) in [6.07, 6.45) is 0. The average Bonchev–Trinajstić information content (AvgIpc) is 1.83. The third kappa shape index (κ3) is 2.07. The molecule has 2 heteroatoms. The molecule has 0 nitrogen and oxygen atoms in total. The lowest BCUT2D eigenvalue weighted by atomic mass is 10.1. The maximum absolute atomic E-state index is 2.72. The molecule has 0 amide bonds. The van der Waals surface area contributed by atoms with Gasteiger partial charge in [0.2, 0.25) is 0 Å². The lowest BCUT2D eigenvalue weighted by Crippen LogP contribution is -1.97. The first-order valence-electron chi connectivity index (χ1n) is 3.03. The SMILES string of the molecule is Br.Cc1cccc(P)c1C. The average molecular weight is 219 g/mol. The van der Waals surface area contributed by atoms with Gasteiger partial charge >= 0.3 is 0 Å². The Bertz CT molecular complexity index is 200. The van der Waals surface area contributed by atoms with Crippen molar-refractivity contribution in [1.29, 1.82) is 0 Å². The maximum atomic E-state index is 2.72. The summed E-state index contributed by atoms with van der Waals surface area (Å²) in [5, 5.41) is 1.30. The van der Waals surface area contributed by atoms with Gasteiger partial charge in [-0.05, 0) is 30.3 Å². The molecule has 10 heavy (non-hydrogen) atoms. The van der Waals surface area contributed by atoms with Gasteiger partial charge in [0.25, 0.3) is 0 Å². The Kier molecular flexibility index (Phi) is 4.15. The van der Waals surface area contributed by atoms with E-state index in [1.165, 1.54) is 16.4 Å². The van der Waals surface area contributed by atoms with Crippen molar-refractivity contribution in [2.75, 3.05) is 0 Å². The molecule has 0 aliphatic heterocycles. The fraction of sp³-hybridized carbons (Fsp3) is 0.250. The van der Waals surface area contributed by atoms with Crippen LogP contribution in [0, 0.1) is 13.8 Å². The van der Waals surface area contributed by atoms with Crippen LogP contribution < -0.4 is 5.30 Å². The van der Waals surface area contributed by atoms with E-state index in [0.29, 0.717) is 0 Å². The first-order chi connectivity index (χ1) is 4.22. The molecule has 0 saturated carbocycles. The van der Waals surface area contributed by atoms with Crippen molar-refractivity contribution in [3.63, 3.8) is 0 Å². The van der Waals surface area contributed by atoms with E-state index < -0.39 is 0 Å². The molecule has 0 saturated heterocycles. The second-order valence-corrected chi connectivity index (χ2v) is 2.91. The molecule has 0 aromatic heterocycles. The van der Waals surface area contributed by atoms with Gasteiger partial charge in [0.05, 0.1) is 0 Å². The molecule has 56 valence electrons. The summed E-state index contributed by atoms with van der Waals surface area (Å²) < 4.78 is 0. The molecule has 1 atom stereocenters. The lowest BCUT2D eigenvalue weighted by molar-refractivity contribution is 1.37. The van der Waals surface area contributed by atoms with Crippen LogP contribution in [0.3, 0.4) is 0 Å². The van der Waals surface area contributed by atoms with E-state index in [4.69, 9.17) is 0 Å². The van der Waals surface area contributed by atoms with Gasteiger partial charge in [-0.2, -0.15) is 0 Å². The van der Waals surface area contributed by atoms with Crippen LogP contribution in [0.2, 0.25) is 0 Å². The highest BCUT2D eigenvalue weighted by molar-refractivity contribution is 8.93. The topological polar surface area (TPSA) is 0 Å². The highest BCUT2D eigenvalue weighted by Gasteiger charge is 1.92. The summed E-state index contributed by atoms with van der Waals surface area (Å²) in [5.74, 6) is 0. The first-order valence-corrected chi connectivity index (χ1v) is 3.61. The molecule has 1 aromatic rings. The zero-order chi connectivity index (χ0) is 6.85. The van der Waals surface area contributed by atoms with E-state index in [1.807, 2.05) is 0 Å². The smallest absolute Gasteiger partial charge is 0.0271 e. The predicted molar refractivity (Wildman–Crippen MR) is 55.6 cm³/mol. The van der Waals surface area contributed by atoms with Crippen molar-refractivity contribution in [1.82, 2.24) is 0 Å². The van der Waals surface area contributed by atoms with Crippen LogP contribution in [0.25, 0.3) is 0 Å². The Morgan fingerprint density at radius 3 is 2.20 bits per heavy atom. The van der Waals surface area contributed by atoms with Gasteiger partial charge in [0, 0.05) is 0 Å². The van der Waals surface area contributed by atoms with Crippen LogP contribution in [0.4, 0.5) is 0 Å². The van der Waals surface area contributed by atoms with Crippen LogP contribution in [0.1, 0.15) is 11.1 Å². The molecular weight excluding hydrogens is 207 g/mol. The van der Waals surface area contributed by atoms with Gasteiger partial charge in [-0.1, -0.05) is 18.2 Å². The van der Waals surface area contributed by atoms with E-state index in [1.54, 1.807) is 0 Å². The normalized spacial score (nSPS) is 8.70. The Balaban J connectivity index is 0.000000810. The monoisotopic (exact) mass is 218 g/mol. The quantitative estimate of drug-likeness (QED) is 0.587. The number of rotatable bonds is 0. The minimum absolute atomic E-state index is 0. The van der Waals surface area contributed by atoms with E-state index in [0.717, 1.165) is 0 Å². The van der Waals surface area contributed by atoms with Crippen molar-refractivity contribution in [3.8, 4) is 0 Å². The third-order valence-electron chi connectivity index (χ3n) is 1.65. The highest BCUT2D eigenvalue weighted by atomic mass is 79.9. The first kappa shape index (κ1) is 10.1. The largest absolute Gasteiger partial charge is 0.114 e. The molecule has 0 aliphatic rings. The van der Waals surface area contributed by atoms with Crippen LogP contribution in [-0.2, 0) is 0 Å². The van der Waals surface area contributed by atoms with Crippen molar-refractivity contribution < 1.29 is 0 Å². The summed E-state index contributed by atoms with van der Waals surface area (Å²) in [4.78, 5) is 0. The fourth-order valence-electron chi connectivity index (χ4n) is 0.774. The molecule has 0 aliphatic carbocycles. The molecule has 0 N–H and O–H groups in total. The van der Waals surface area contributed by atoms with Gasteiger partial charge in [-0.25, -0.2) is 0 Å². The number of hydrogen-bond acceptors (Lipinski definition) is 0. The Labute approximate surface area is 75.0 Å². The maximum Gasteiger partial charge on any atom is -0.0271 e. The van der Waals surface area contributed by atoms with Gasteiger partial charge in [0.1, 0.15) is 0 Å². The minimum Gasteiger partial charge on any atom is -0.114 e. The van der Waals surface area contributed by atoms with Crippen LogP contribution in [0.15, 0.2) is 18.2 Å². The molecule has 1 aromatic carbocycles. The van der Waals surface area contributed by atoms with Crippen LogP contribution >= 0.6 is 26.2 Å². The Hall–Kier alpha value is 0.130. The van der Waals surface area contributed by atoms with Gasteiger partial charge in [0.15, 0.2) is 0 Å². The lowest BCUT2D eigenvalue weighted by Gasteiger charge is -2.00. The molecule has 0 bridgehead atoms. The van der Waals surface area contributed by atoms with Crippen LogP contribution in [-0.4, -0.2) is 0 Å². The van der Waals surface area contributed by atoms with E-state index in [2.05, 4.69) is 41.3 Å². The number of benzene rings is 1. The second kappa shape index (κ2) is 4.10. The molecule has 0 radical (unpaired) electrons. The van der Waals surface area contributed by atoms with Gasteiger partial charge in [-0.3, -0.25) is 0 Å². The fourth-order valence-corrected chi connectivity index (χ4v) is 1.11. The molecule has 0 heterocycles. The summed E-state index contributed by atoms with van der Waals surface area (Å²) in [6.45, 7) is 4.26. The number of hydrogen-bond donors (Lipinski definition) is 0. The van der Waals surface area contributed by atoms with Crippen LogP contribution in [0.5, 0.6) is 0 Å². The second-order valence-electron chi connectivity index (χ2n) is 2.29. The van der Waals surface area contributed by atoms with E-state index in [9.17, 15) is 0 Å². The van der Waals surface area contributed by atoms with Gasteiger partial charge < -0.3 is 0 Å². The predicted octanol–water partition coefficient (Wildman–Crippen LogP) is 2.38. The van der Waals surface area contributed by atoms with E-state index >= 15 is 0 Å². The van der Waals surface area contributed by atoms with Crippen molar-refractivity contribution in [3.05, 3.63) is 29.3 Å². The highest BCUT2D eigenvalue weighted by Crippen LogP contribution is 2.04. The Morgan fingerprint density at radius 1 is 1.20 bits per heavy atom. The minimum atomic E-state index is 0. The zero-order valence-corrected chi connectivity index (χ0v) is 9.09. The summed E-state index contributed by atoms with van der Waals surface area (Å²) >= 11 is 0. The summed E-state index contributed by atoms with van der Waals surface area (Å²) in [7, 11) is 2.72. The zero-order valence-electron chi connectivity index (χ0n) is 6.22. The number of aryl methyl sites for hydroxylation is 1.